The summed E-state index contributed by atoms with van der Waals surface area (Å²) in [6, 6.07) is 0.170. The first kappa shape index (κ1) is 13.2. The molecule has 0 radical (unpaired) electrons. The molecule has 0 aromatic carbocycles. The lowest BCUT2D eigenvalue weighted by Gasteiger charge is -2.16. The Kier molecular flexibility index (Phi) is 6.16. The lowest BCUT2D eigenvalue weighted by atomic mass is 9.97. The van der Waals surface area contributed by atoms with Crippen molar-refractivity contribution >= 4 is 5.91 Å². The van der Waals surface area contributed by atoms with Gasteiger partial charge in [0.1, 0.15) is 0 Å². The zero-order valence-electron chi connectivity index (χ0n) is 10.2. The van der Waals surface area contributed by atoms with E-state index >= 15 is 0 Å². The van der Waals surface area contributed by atoms with Crippen LogP contribution in [0, 0.1) is 0 Å². The highest BCUT2D eigenvalue weighted by Gasteiger charge is 2.11. The van der Waals surface area contributed by atoms with Gasteiger partial charge in [0.15, 0.2) is 0 Å². The predicted molar refractivity (Wildman–Crippen MR) is 65.1 cm³/mol. The molecule has 3 nitrogen and oxygen atoms in total. The van der Waals surface area contributed by atoms with Crippen LogP contribution in [-0.2, 0) is 4.79 Å². The molecular weight excluding hydrogens is 202 g/mol. The van der Waals surface area contributed by atoms with Crippen LogP contribution in [0.1, 0.15) is 51.9 Å². The van der Waals surface area contributed by atoms with Crippen molar-refractivity contribution in [2.24, 2.45) is 0 Å². The van der Waals surface area contributed by atoms with Gasteiger partial charge in [-0.1, -0.05) is 11.6 Å². The van der Waals surface area contributed by atoms with Crippen molar-refractivity contribution in [3.8, 4) is 0 Å². The molecule has 0 fully saturated rings. The molecule has 0 aliphatic heterocycles. The number of amides is 1. The number of hydrogen-bond donors (Lipinski definition) is 2. The molecule has 3 heteroatoms. The number of hydrogen-bond acceptors (Lipinski definition) is 2. The molecule has 16 heavy (non-hydrogen) atoms. The molecule has 0 heterocycles. The van der Waals surface area contributed by atoms with Crippen LogP contribution in [0.25, 0.3) is 0 Å². The van der Waals surface area contributed by atoms with Gasteiger partial charge in [-0.25, -0.2) is 0 Å². The molecule has 0 bridgehead atoms. The van der Waals surface area contributed by atoms with Gasteiger partial charge in [0, 0.05) is 19.1 Å². The van der Waals surface area contributed by atoms with Crippen molar-refractivity contribution in [3.63, 3.8) is 0 Å². The first-order valence-electron chi connectivity index (χ1n) is 6.30. The third-order valence-corrected chi connectivity index (χ3v) is 2.98. The van der Waals surface area contributed by atoms with Gasteiger partial charge in [-0.15, -0.1) is 0 Å². The van der Waals surface area contributed by atoms with Crippen LogP contribution in [0.5, 0.6) is 0 Å². The van der Waals surface area contributed by atoms with Crippen molar-refractivity contribution in [1.29, 1.82) is 0 Å². The summed E-state index contributed by atoms with van der Waals surface area (Å²) in [5.41, 5.74) is 1.29. The van der Waals surface area contributed by atoms with E-state index in [0.29, 0.717) is 6.42 Å². The van der Waals surface area contributed by atoms with E-state index < -0.39 is 0 Å². The second-order valence-electron chi connectivity index (χ2n) is 4.62. The Morgan fingerprint density at radius 3 is 3.00 bits per heavy atom. The van der Waals surface area contributed by atoms with Crippen LogP contribution >= 0.6 is 0 Å². The number of nitrogens with one attached hydrogen (secondary N) is 1. The largest absolute Gasteiger partial charge is 0.396 e. The van der Waals surface area contributed by atoms with Crippen molar-refractivity contribution in [1.82, 2.24) is 5.32 Å². The first-order chi connectivity index (χ1) is 7.72. The molecule has 1 atom stereocenters. The lowest BCUT2D eigenvalue weighted by Crippen LogP contribution is -2.32. The van der Waals surface area contributed by atoms with Crippen molar-refractivity contribution < 1.29 is 9.90 Å². The quantitative estimate of drug-likeness (QED) is 0.680. The Balaban J connectivity index is 2.21. The fourth-order valence-electron chi connectivity index (χ4n) is 2.07. The number of carbonyl (C=O) groups is 1. The minimum absolute atomic E-state index is 0.124. The van der Waals surface area contributed by atoms with Gasteiger partial charge in [0.05, 0.1) is 0 Å². The molecule has 0 saturated carbocycles. The number of aliphatic hydroxyl groups excluding tert-OH is 1. The van der Waals surface area contributed by atoms with Crippen molar-refractivity contribution in [2.45, 2.75) is 57.9 Å². The number of aliphatic hydroxyl groups is 1. The summed E-state index contributed by atoms with van der Waals surface area (Å²) in [6.45, 7) is 2.19. The van der Waals surface area contributed by atoms with Crippen LogP contribution in [0.3, 0.4) is 0 Å². The molecule has 1 rings (SSSR count). The van der Waals surface area contributed by atoms with Gasteiger partial charge in [-0.05, 0) is 45.4 Å². The smallest absolute Gasteiger partial charge is 0.224 e. The highest BCUT2D eigenvalue weighted by molar-refractivity contribution is 5.78. The zero-order valence-corrected chi connectivity index (χ0v) is 10.2. The maximum Gasteiger partial charge on any atom is 0.224 e. The Hall–Kier alpha value is -0.830. The highest BCUT2D eigenvalue weighted by atomic mass is 16.2. The van der Waals surface area contributed by atoms with Crippen molar-refractivity contribution in [2.75, 3.05) is 6.61 Å². The topological polar surface area (TPSA) is 49.3 Å². The van der Waals surface area contributed by atoms with E-state index in [1.54, 1.807) is 0 Å². The summed E-state index contributed by atoms with van der Waals surface area (Å²) in [5, 5.41) is 11.7. The monoisotopic (exact) mass is 225 g/mol. The maximum atomic E-state index is 11.7. The molecule has 1 aliphatic rings. The summed E-state index contributed by atoms with van der Waals surface area (Å²) < 4.78 is 0. The third kappa shape index (κ3) is 5.31. The SMILES string of the molecule is CC(CCCO)NC(=O)CC1=CCCCC1. The average Bonchev–Trinajstić information content (AvgIpc) is 2.27. The Morgan fingerprint density at radius 1 is 1.56 bits per heavy atom. The summed E-state index contributed by atoms with van der Waals surface area (Å²) in [4.78, 5) is 11.7. The fraction of sp³-hybridized carbons (Fsp3) is 0.769. The Bertz CT molecular complexity index is 248. The molecule has 0 spiro atoms. The molecule has 1 aliphatic carbocycles. The number of allylic oxidation sites excluding steroid dienone is 1. The van der Waals surface area contributed by atoms with Crippen molar-refractivity contribution in [3.05, 3.63) is 11.6 Å². The van der Waals surface area contributed by atoms with E-state index in [-0.39, 0.29) is 18.6 Å². The molecule has 92 valence electrons. The number of rotatable bonds is 6. The van der Waals surface area contributed by atoms with E-state index in [1.165, 1.54) is 18.4 Å². The van der Waals surface area contributed by atoms with Gasteiger partial charge in [-0.2, -0.15) is 0 Å². The summed E-state index contributed by atoms with van der Waals surface area (Å²) in [7, 11) is 0. The van der Waals surface area contributed by atoms with Gasteiger partial charge in [-0.3, -0.25) is 4.79 Å². The van der Waals surface area contributed by atoms with E-state index in [0.717, 1.165) is 25.7 Å². The molecule has 0 saturated heterocycles. The van der Waals surface area contributed by atoms with Gasteiger partial charge in [0.25, 0.3) is 0 Å². The minimum atomic E-state index is 0.124. The summed E-state index contributed by atoms with van der Waals surface area (Å²) in [5.74, 6) is 0.124. The van der Waals surface area contributed by atoms with E-state index in [4.69, 9.17) is 5.11 Å². The fourth-order valence-corrected chi connectivity index (χ4v) is 2.07. The molecule has 0 aromatic rings. The van der Waals surface area contributed by atoms with Crippen LogP contribution in [-0.4, -0.2) is 23.7 Å². The second kappa shape index (κ2) is 7.44. The Labute approximate surface area is 97.9 Å². The van der Waals surface area contributed by atoms with E-state index in [9.17, 15) is 4.79 Å². The Morgan fingerprint density at radius 2 is 2.38 bits per heavy atom. The van der Waals surface area contributed by atoms with Crippen LogP contribution in [0.2, 0.25) is 0 Å². The molecule has 1 unspecified atom stereocenters. The number of carbonyl (C=O) groups excluding carboxylic acids is 1. The molecular formula is C13H23NO2. The second-order valence-corrected chi connectivity index (χ2v) is 4.62. The van der Waals surface area contributed by atoms with E-state index in [2.05, 4.69) is 11.4 Å². The molecule has 1 amide bonds. The summed E-state index contributed by atoms with van der Waals surface area (Å²) in [6.07, 6.45) is 9.06. The standard InChI is InChI=1S/C13H23NO2/c1-11(6-5-9-15)14-13(16)10-12-7-3-2-4-8-12/h7,11,15H,2-6,8-10H2,1H3,(H,14,16). The van der Waals surface area contributed by atoms with Gasteiger partial charge in [0.2, 0.25) is 5.91 Å². The zero-order chi connectivity index (χ0) is 11.8. The molecule has 2 N–H and O–H groups in total. The van der Waals surface area contributed by atoms with Crippen LogP contribution in [0.4, 0.5) is 0 Å². The van der Waals surface area contributed by atoms with Gasteiger partial charge < -0.3 is 10.4 Å². The van der Waals surface area contributed by atoms with Gasteiger partial charge >= 0.3 is 0 Å². The predicted octanol–water partition coefficient (Wildman–Crippen LogP) is 2.15. The minimum Gasteiger partial charge on any atom is -0.396 e. The average molecular weight is 225 g/mol. The molecule has 0 aromatic heterocycles. The lowest BCUT2D eigenvalue weighted by molar-refractivity contribution is -0.121. The maximum absolute atomic E-state index is 11.7. The third-order valence-electron chi connectivity index (χ3n) is 2.98. The normalized spacial score (nSPS) is 17.8. The van der Waals surface area contributed by atoms with Crippen LogP contribution in [0.15, 0.2) is 11.6 Å². The highest BCUT2D eigenvalue weighted by Crippen LogP contribution is 2.19. The van der Waals surface area contributed by atoms with E-state index in [1.807, 2.05) is 6.92 Å². The summed E-state index contributed by atoms with van der Waals surface area (Å²) >= 11 is 0. The first-order valence-corrected chi connectivity index (χ1v) is 6.30. The van der Waals surface area contributed by atoms with Crippen LogP contribution < -0.4 is 5.32 Å².